The Morgan fingerprint density at radius 3 is 2.21 bits per heavy atom. The van der Waals surface area contributed by atoms with Gasteiger partial charge < -0.3 is 25.4 Å². The van der Waals surface area contributed by atoms with Crippen molar-refractivity contribution >= 4 is 18.0 Å². The van der Waals surface area contributed by atoms with Gasteiger partial charge in [0.05, 0.1) is 5.92 Å². The van der Waals surface area contributed by atoms with Crippen LogP contribution in [0.2, 0.25) is 0 Å². The molecule has 2 aliphatic rings. The van der Waals surface area contributed by atoms with E-state index in [0.29, 0.717) is 25.8 Å². The van der Waals surface area contributed by atoms with Gasteiger partial charge in [-0.1, -0.05) is 48.5 Å². The van der Waals surface area contributed by atoms with Gasteiger partial charge in [-0.2, -0.15) is 0 Å². The molecule has 0 spiro atoms. The summed E-state index contributed by atoms with van der Waals surface area (Å²) in [6.07, 6.45) is 0.903. The van der Waals surface area contributed by atoms with E-state index in [4.69, 9.17) is 4.74 Å². The highest BCUT2D eigenvalue weighted by molar-refractivity contribution is 5.86. The number of rotatable bonds is 8. The fourth-order valence-electron chi connectivity index (χ4n) is 4.98. The third-order valence-electron chi connectivity index (χ3n) is 6.63. The molecular formula is C26H31N3O5. The number of nitrogens with one attached hydrogen (secondary N) is 2. The Kier molecular flexibility index (Phi) is 7.17. The summed E-state index contributed by atoms with van der Waals surface area (Å²) in [6.45, 7) is 0.462. The van der Waals surface area contributed by atoms with Crippen molar-refractivity contribution in [1.82, 2.24) is 15.5 Å². The maximum Gasteiger partial charge on any atom is 0.407 e. The lowest BCUT2D eigenvalue weighted by atomic mass is 9.98. The second-order valence-corrected chi connectivity index (χ2v) is 9.34. The zero-order chi connectivity index (χ0) is 24.2. The van der Waals surface area contributed by atoms with Crippen molar-refractivity contribution < 1.29 is 24.2 Å². The van der Waals surface area contributed by atoms with Crippen LogP contribution in [0, 0.1) is 5.92 Å². The molecule has 2 aromatic rings. The summed E-state index contributed by atoms with van der Waals surface area (Å²) >= 11 is 0. The highest BCUT2D eigenvalue weighted by Crippen LogP contribution is 2.44. The number of hydrogen-bond donors (Lipinski definition) is 3. The van der Waals surface area contributed by atoms with Gasteiger partial charge in [0.1, 0.15) is 12.6 Å². The first-order chi connectivity index (χ1) is 16.3. The predicted octanol–water partition coefficient (Wildman–Crippen LogP) is 2.82. The van der Waals surface area contributed by atoms with Crippen molar-refractivity contribution in [2.24, 2.45) is 5.92 Å². The quantitative estimate of drug-likeness (QED) is 0.553. The Morgan fingerprint density at radius 2 is 1.65 bits per heavy atom. The highest BCUT2D eigenvalue weighted by atomic mass is 16.5. The third kappa shape index (κ3) is 5.22. The molecule has 1 fully saturated rings. The number of carbonyl (C=O) groups excluding carboxylic acids is 2. The zero-order valence-corrected chi connectivity index (χ0v) is 19.5. The maximum atomic E-state index is 12.9. The van der Waals surface area contributed by atoms with Gasteiger partial charge in [-0.15, -0.1) is 0 Å². The number of ether oxygens (including phenoxy) is 1. The number of likely N-dealkylation sites (N-methyl/N-ethyl adjacent to an activating group) is 1. The molecule has 3 atom stereocenters. The first-order valence-corrected chi connectivity index (χ1v) is 11.6. The first-order valence-electron chi connectivity index (χ1n) is 11.6. The fraction of sp³-hybridized carbons (Fsp3) is 0.423. The summed E-state index contributed by atoms with van der Waals surface area (Å²) in [5.41, 5.74) is 4.53. The number of nitrogens with zero attached hydrogens (tertiary/aromatic N) is 1. The lowest BCUT2D eigenvalue weighted by molar-refractivity contribution is -0.141. The molecule has 34 heavy (non-hydrogen) atoms. The van der Waals surface area contributed by atoms with Crippen LogP contribution in [-0.2, 0) is 14.3 Å². The second-order valence-electron chi connectivity index (χ2n) is 9.34. The molecule has 0 saturated heterocycles. The van der Waals surface area contributed by atoms with Crippen LogP contribution in [0.25, 0.3) is 11.1 Å². The number of benzene rings is 2. The average molecular weight is 466 g/mol. The second kappa shape index (κ2) is 10.3. The van der Waals surface area contributed by atoms with Crippen LogP contribution in [0.3, 0.4) is 0 Å². The van der Waals surface area contributed by atoms with E-state index in [9.17, 15) is 19.5 Å². The van der Waals surface area contributed by atoms with E-state index >= 15 is 0 Å². The smallest absolute Gasteiger partial charge is 0.407 e. The molecule has 180 valence electrons. The number of amides is 2. The molecule has 1 unspecified atom stereocenters. The van der Waals surface area contributed by atoms with Gasteiger partial charge in [0.2, 0.25) is 5.91 Å². The molecule has 0 aliphatic heterocycles. The molecule has 0 aromatic heterocycles. The number of carboxylic acid groups (broad SMARTS) is 1. The number of aliphatic carboxylic acids is 1. The lowest BCUT2D eigenvalue weighted by Crippen LogP contribution is -2.53. The normalized spacial score (nSPS) is 19.9. The number of fused-ring (bicyclic) bond motifs is 3. The van der Waals surface area contributed by atoms with Crippen LogP contribution >= 0.6 is 0 Å². The Balaban J connectivity index is 1.37. The summed E-state index contributed by atoms with van der Waals surface area (Å²) < 4.78 is 5.59. The zero-order valence-electron chi connectivity index (χ0n) is 19.5. The van der Waals surface area contributed by atoms with Crippen molar-refractivity contribution in [1.29, 1.82) is 0 Å². The number of hydrogen-bond acceptors (Lipinski definition) is 5. The van der Waals surface area contributed by atoms with Crippen LogP contribution in [0.1, 0.15) is 36.3 Å². The molecule has 1 saturated carbocycles. The summed E-state index contributed by atoms with van der Waals surface area (Å²) in [5, 5.41) is 14.8. The van der Waals surface area contributed by atoms with E-state index in [1.165, 1.54) is 0 Å². The van der Waals surface area contributed by atoms with Gasteiger partial charge in [0.15, 0.2) is 0 Å². The Labute approximate surface area is 199 Å². The number of carboxylic acids is 1. The van der Waals surface area contributed by atoms with Gasteiger partial charge in [-0.3, -0.25) is 9.59 Å². The molecular weight excluding hydrogens is 434 g/mol. The highest BCUT2D eigenvalue weighted by Gasteiger charge is 2.33. The van der Waals surface area contributed by atoms with Crippen LogP contribution < -0.4 is 10.6 Å². The van der Waals surface area contributed by atoms with Crippen LogP contribution in [0.4, 0.5) is 4.79 Å². The minimum atomic E-state index is -0.835. The molecule has 2 amide bonds. The number of carbonyl (C=O) groups is 3. The van der Waals surface area contributed by atoms with Gasteiger partial charge in [-0.05, 0) is 55.6 Å². The minimum absolute atomic E-state index is 0.0642. The summed E-state index contributed by atoms with van der Waals surface area (Å²) in [4.78, 5) is 38.6. The fourth-order valence-corrected chi connectivity index (χ4v) is 4.98. The lowest BCUT2D eigenvalue weighted by Gasteiger charge is -2.24. The van der Waals surface area contributed by atoms with E-state index in [1.807, 2.05) is 43.3 Å². The van der Waals surface area contributed by atoms with Crippen molar-refractivity contribution in [3.8, 4) is 11.1 Å². The molecule has 0 bridgehead atoms. The Morgan fingerprint density at radius 1 is 1.03 bits per heavy atom. The van der Waals surface area contributed by atoms with Crippen LogP contribution in [-0.4, -0.2) is 67.3 Å². The summed E-state index contributed by atoms with van der Waals surface area (Å²) in [7, 11) is 3.63. The average Bonchev–Trinajstić information content (AvgIpc) is 3.40. The largest absolute Gasteiger partial charge is 0.481 e. The van der Waals surface area contributed by atoms with Gasteiger partial charge in [-0.25, -0.2) is 4.79 Å². The van der Waals surface area contributed by atoms with Gasteiger partial charge in [0.25, 0.3) is 0 Å². The van der Waals surface area contributed by atoms with Crippen molar-refractivity contribution in [3.05, 3.63) is 59.7 Å². The van der Waals surface area contributed by atoms with Gasteiger partial charge >= 0.3 is 12.1 Å². The van der Waals surface area contributed by atoms with E-state index in [1.54, 1.807) is 0 Å². The SMILES string of the molecule is CN(C)CC(NC(=O)OCC1c2ccccc2-c2ccccc21)C(=O)N[C@H]1CC[C@@H](C(=O)O)C1. The number of alkyl carbamates (subject to hydrolysis) is 1. The molecule has 0 heterocycles. The third-order valence-corrected chi connectivity index (χ3v) is 6.63. The van der Waals surface area contributed by atoms with Gasteiger partial charge in [0, 0.05) is 18.5 Å². The molecule has 8 heteroatoms. The topological polar surface area (TPSA) is 108 Å². The molecule has 4 rings (SSSR count). The van der Waals surface area contributed by atoms with Crippen molar-refractivity contribution in [3.63, 3.8) is 0 Å². The van der Waals surface area contributed by atoms with E-state index in [2.05, 4.69) is 34.9 Å². The van der Waals surface area contributed by atoms with Crippen LogP contribution in [0.5, 0.6) is 0 Å². The Bertz CT molecular complexity index is 1020. The molecule has 2 aliphatic carbocycles. The molecule has 3 N–H and O–H groups in total. The first kappa shape index (κ1) is 23.8. The summed E-state index contributed by atoms with van der Waals surface area (Å²) in [6, 6.07) is 15.2. The van der Waals surface area contributed by atoms with E-state index in [0.717, 1.165) is 22.3 Å². The molecule has 8 nitrogen and oxygen atoms in total. The van der Waals surface area contributed by atoms with E-state index < -0.39 is 24.0 Å². The predicted molar refractivity (Wildman–Crippen MR) is 127 cm³/mol. The van der Waals surface area contributed by atoms with Crippen molar-refractivity contribution in [2.45, 2.75) is 37.3 Å². The van der Waals surface area contributed by atoms with E-state index in [-0.39, 0.29) is 24.5 Å². The molecule has 2 aromatic carbocycles. The minimum Gasteiger partial charge on any atom is -0.481 e. The van der Waals surface area contributed by atoms with Crippen LogP contribution in [0.15, 0.2) is 48.5 Å². The summed E-state index contributed by atoms with van der Waals surface area (Å²) in [5.74, 6) is -1.67. The maximum absolute atomic E-state index is 12.9. The standard InChI is InChI=1S/C26H31N3O5/c1-29(2)14-23(24(30)27-17-12-11-16(13-17)25(31)32)28-26(33)34-15-22-20-9-5-3-7-18(20)19-8-4-6-10-21(19)22/h3-10,16-17,22-23H,11-15H2,1-2H3,(H,27,30)(H,28,33)(H,31,32)/t16-,17+,23?/m1/s1. The monoisotopic (exact) mass is 465 g/mol. The Hall–Kier alpha value is -3.39. The van der Waals surface area contributed by atoms with Crippen molar-refractivity contribution in [2.75, 3.05) is 27.2 Å². The molecule has 0 radical (unpaired) electrons.